The van der Waals surface area contributed by atoms with Gasteiger partial charge in [-0.2, -0.15) is 5.10 Å². The molecule has 2 aromatic heterocycles. The zero-order chi connectivity index (χ0) is 21.3. The highest BCUT2D eigenvalue weighted by atomic mass is 32.1. The van der Waals surface area contributed by atoms with Gasteiger partial charge in [0.2, 0.25) is 0 Å². The lowest BCUT2D eigenvalue weighted by atomic mass is 9.95. The van der Waals surface area contributed by atoms with Crippen molar-refractivity contribution in [1.82, 2.24) is 24.2 Å². The van der Waals surface area contributed by atoms with E-state index in [4.69, 9.17) is 5.10 Å². The minimum Gasteiger partial charge on any atom is -0.338 e. The molecule has 0 atom stereocenters. The van der Waals surface area contributed by atoms with E-state index >= 15 is 0 Å². The average molecular weight is 426 g/mol. The van der Waals surface area contributed by atoms with Gasteiger partial charge in [-0.15, -0.1) is 11.3 Å². The molecular weight excluding hydrogens is 398 g/mol. The Bertz CT molecular complexity index is 1090. The third-order valence-corrected chi connectivity index (χ3v) is 6.75. The van der Waals surface area contributed by atoms with Crippen LogP contribution in [0.1, 0.15) is 57.4 Å². The number of likely N-dealkylation sites (tertiary alicyclic amines) is 1. The van der Waals surface area contributed by atoms with Crippen LogP contribution in [0, 0.1) is 13.8 Å². The Kier molecular flexibility index (Phi) is 5.85. The monoisotopic (exact) mass is 425 g/mol. The molecule has 0 N–H and O–H groups in total. The molecule has 3 aromatic rings. The minimum absolute atomic E-state index is 0.0642. The molecule has 1 aliphatic heterocycles. The fourth-order valence-electron chi connectivity index (χ4n) is 4.13. The predicted molar refractivity (Wildman–Crippen MR) is 117 cm³/mol. The summed E-state index contributed by atoms with van der Waals surface area (Å²) < 4.78 is 3.34. The summed E-state index contributed by atoms with van der Waals surface area (Å²) >= 11 is 1.46. The van der Waals surface area contributed by atoms with E-state index in [1.165, 1.54) is 11.3 Å². The summed E-state index contributed by atoms with van der Waals surface area (Å²) in [5.74, 6) is 1.09. The number of aromatic nitrogens is 4. The third-order valence-electron chi connectivity index (χ3n) is 5.69. The summed E-state index contributed by atoms with van der Waals surface area (Å²) in [5, 5.41) is 5.62. The molecular formula is C22H27N5O2S. The molecule has 30 heavy (non-hydrogen) atoms. The predicted octanol–water partition coefficient (Wildman–Crippen LogP) is 3.21. The van der Waals surface area contributed by atoms with E-state index in [1.807, 2.05) is 56.0 Å². The summed E-state index contributed by atoms with van der Waals surface area (Å²) in [6.07, 6.45) is 1.62. The van der Waals surface area contributed by atoms with E-state index in [0.29, 0.717) is 26.2 Å². The number of rotatable bonds is 5. The molecule has 0 radical (unpaired) electrons. The van der Waals surface area contributed by atoms with E-state index < -0.39 is 0 Å². The highest BCUT2D eigenvalue weighted by molar-refractivity contribution is 7.13. The second-order valence-electron chi connectivity index (χ2n) is 7.74. The van der Waals surface area contributed by atoms with Gasteiger partial charge in [-0.1, -0.05) is 30.3 Å². The first-order valence-electron chi connectivity index (χ1n) is 10.4. The molecule has 0 spiro atoms. The van der Waals surface area contributed by atoms with Crippen LogP contribution in [0.5, 0.6) is 0 Å². The van der Waals surface area contributed by atoms with E-state index in [9.17, 15) is 9.59 Å². The summed E-state index contributed by atoms with van der Waals surface area (Å²) in [5.41, 5.74) is 1.80. The number of thiazole rings is 1. The van der Waals surface area contributed by atoms with E-state index in [1.54, 1.807) is 9.25 Å². The first kappa shape index (κ1) is 20.5. The van der Waals surface area contributed by atoms with Crippen molar-refractivity contribution in [2.45, 2.75) is 52.6 Å². The Labute approximate surface area is 180 Å². The largest absolute Gasteiger partial charge is 0.346 e. The molecule has 1 amide bonds. The van der Waals surface area contributed by atoms with Crippen molar-refractivity contribution in [3.8, 4) is 0 Å². The van der Waals surface area contributed by atoms with Gasteiger partial charge in [-0.25, -0.2) is 14.5 Å². The van der Waals surface area contributed by atoms with Crippen molar-refractivity contribution in [3.63, 3.8) is 0 Å². The van der Waals surface area contributed by atoms with Crippen molar-refractivity contribution in [2.24, 2.45) is 0 Å². The van der Waals surface area contributed by atoms with Gasteiger partial charge in [0.1, 0.15) is 10.7 Å². The highest BCUT2D eigenvalue weighted by Gasteiger charge is 2.30. The van der Waals surface area contributed by atoms with Gasteiger partial charge in [0.15, 0.2) is 0 Å². The Morgan fingerprint density at radius 1 is 1.17 bits per heavy atom. The lowest BCUT2D eigenvalue weighted by Crippen LogP contribution is -2.38. The zero-order valence-electron chi connectivity index (χ0n) is 17.7. The maximum Gasteiger partial charge on any atom is 0.346 e. The molecule has 4 rings (SSSR count). The van der Waals surface area contributed by atoms with Crippen LogP contribution in [0.3, 0.4) is 0 Å². The molecule has 1 aliphatic rings. The Morgan fingerprint density at radius 3 is 2.47 bits per heavy atom. The van der Waals surface area contributed by atoms with E-state index in [-0.39, 0.29) is 17.5 Å². The van der Waals surface area contributed by atoms with Crippen LogP contribution in [0.4, 0.5) is 0 Å². The van der Waals surface area contributed by atoms with E-state index in [0.717, 1.165) is 39.8 Å². The molecule has 3 heterocycles. The Balaban J connectivity index is 1.49. The van der Waals surface area contributed by atoms with Gasteiger partial charge < -0.3 is 4.90 Å². The van der Waals surface area contributed by atoms with Crippen molar-refractivity contribution in [1.29, 1.82) is 0 Å². The molecule has 1 saturated heterocycles. The standard InChI is InChI=1S/C22H27N5O2S/c1-4-26-20(24-27(22(26)29)14-17-8-6-5-7-9-17)18-10-12-25(13-11-18)21(28)19-15(2)23-16(3)30-19/h5-9,18H,4,10-14H2,1-3H3. The number of aryl methyl sites for hydroxylation is 2. The molecule has 7 nitrogen and oxygen atoms in total. The molecule has 0 unspecified atom stereocenters. The lowest BCUT2D eigenvalue weighted by molar-refractivity contribution is 0.0714. The van der Waals surface area contributed by atoms with Crippen molar-refractivity contribution >= 4 is 17.2 Å². The van der Waals surface area contributed by atoms with Crippen LogP contribution in [-0.4, -0.2) is 43.2 Å². The minimum atomic E-state index is -0.0642. The fourth-order valence-corrected chi connectivity index (χ4v) is 5.02. The number of hydrogen-bond donors (Lipinski definition) is 0. The number of piperidine rings is 1. The number of hydrogen-bond acceptors (Lipinski definition) is 5. The normalized spacial score (nSPS) is 15.0. The SMILES string of the molecule is CCn1c(C2CCN(C(=O)c3sc(C)nc3C)CC2)nn(Cc2ccccc2)c1=O. The summed E-state index contributed by atoms with van der Waals surface area (Å²) in [6.45, 7) is 8.21. The number of amides is 1. The van der Waals surface area contributed by atoms with Crippen LogP contribution in [0.25, 0.3) is 0 Å². The highest BCUT2D eigenvalue weighted by Crippen LogP contribution is 2.28. The van der Waals surface area contributed by atoms with Gasteiger partial charge in [-0.3, -0.25) is 9.36 Å². The van der Waals surface area contributed by atoms with Gasteiger partial charge in [-0.05, 0) is 39.2 Å². The first-order chi connectivity index (χ1) is 14.5. The van der Waals surface area contributed by atoms with Crippen molar-refractivity contribution in [3.05, 3.63) is 67.8 Å². The third kappa shape index (κ3) is 3.96. The average Bonchev–Trinajstić information content (AvgIpc) is 3.26. The number of nitrogens with zero attached hydrogens (tertiary/aromatic N) is 5. The molecule has 0 aliphatic carbocycles. The number of carbonyl (C=O) groups excluding carboxylic acids is 1. The van der Waals surface area contributed by atoms with Crippen molar-refractivity contribution < 1.29 is 4.79 Å². The fraction of sp³-hybridized carbons (Fsp3) is 0.455. The first-order valence-corrected chi connectivity index (χ1v) is 11.2. The number of benzene rings is 1. The Hall–Kier alpha value is -2.74. The lowest BCUT2D eigenvalue weighted by Gasteiger charge is -2.31. The van der Waals surface area contributed by atoms with Gasteiger partial charge in [0, 0.05) is 25.6 Å². The molecule has 1 aromatic carbocycles. The molecule has 8 heteroatoms. The van der Waals surface area contributed by atoms with Gasteiger partial charge in [0.05, 0.1) is 17.2 Å². The molecule has 158 valence electrons. The quantitative estimate of drug-likeness (QED) is 0.629. The molecule has 0 saturated carbocycles. The van der Waals surface area contributed by atoms with E-state index in [2.05, 4.69) is 4.98 Å². The second kappa shape index (κ2) is 8.55. The maximum atomic E-state index is 12.9. The zero-order valence-corrected chi connectivity index (χ0v) is 18.5. The van der Waals surface area contributed by atoms with Gasteiger partial charge >= 0.3 is 5.69 Å². The molecule has 0 bridgehead atoms. The summed E-state index contributed by atoms with van der Waals surface area (Å²) in [4.78, 5) is 32.8. The summed E-state index contributed by atoms with van der Waals surface area (Å²) in [6, 6.07) is 9.91. The van der Waals surface area contributed by atoms with Crippen LogP contribution < -0.4 is 5.69 Å². The number of carbonyl (C=O) groups is 1. The van der Waals surface area contributed by atoms with Crippen molar-refractivity contribution in [2.75, 3.05) is 13.1 Å². The van der Waals surface area contributed by atoms with Crippen LogP contribution >= 0.6 is 11.3 Å². The Morgan fingerprint density at radius 2 is 1.87 bits per heavy atom. The van der Waals surface area contributed by atoms with Gasteiger partial charge in [0.25, 0.3) is 5.91 Å². The second-order valence-corrected chi connectivity index (χ2v) is 8.95. The van der Waals surface area contributed by atoms with Crippen LogP contribution in [-0.2, 0) is 13.1 Å². The van der Waals surface area contributed by atoms with Crippen LogP contribution in [0.2, 0.25) is 0 Å². The topological polar surface area (TPSA) is 73.0 Å². The summed E-state index contributed by atoms with van der Waals surface area (Å²) in [7, 11) is 0. The maximum absolute atomic E-state index is 12.9. The molecule has 1 fully saturated rings. The smallest absolute Gasteiger partial charge is 0.338 e. The van der Waals surface area contributed by atoms with Crippen LogP contribution in [0.15, 0.2) is 35.1 Å².